The maximum atomic E-state index is 13.4. The Balaban J connectivity index is 1.76. The second-order valence-corrected chi connectivity index (χ2v) is 6.72. The highest BCUT2D eigenvalue weighted by atomic mass is 19.1. The molecule has 0 radical (unpaired) electrons. The van der Waals surface area contributed by atoms with Crippen LogP contribution >= 0.6 is 0 Å². The molecule has 4 nitrogen and oxygen atoms in total. The lowest BCUT2D eigenvalue weighted by molar-refractivity contribution is 0.628. The van der Waals surface area contributed by atoms with Crippen molar-refractivity contribution in [1.82, 2.24) is 19.9 Å². The molecule has 0 fully saturated rings. The standard InChI is InChI=1S/C23H17FN4/c1-14-20(18-4-2-3-5-19(18)26-14)23-27-21(15-6-8-17(24)9-7-15)22(28-23)16-10-12-25-13-11-16/h2-13,26H,1H3,(H,27,28). The molecule has 0 unspecified atom stereocenters. The number of benzene rings is 2. The first-order valence-electron chi connectivity index (χ1n) is 9.05. The summed E-state index contributed by atoms with van der Waals surface area (Å²) in [5.41, 5.74) is 6.65. The Hall–Kier alpha value is -3.73. The molecule has 0 aliphatic heterocycles. The molecule has 0 bridgehead atoms. The third kappa shape index (κ3) is 2.68. The summed E-state index contributed by atoms with van der Waals surface area (Å²) in [4.78, 5) is 15.9. The lowest BCUT2D eigenvalue weighted by Gasteiger charge is -2.02. The fourth-order valence-electron chi connectivity index (χ4n) is 3.62. The summed E-state index contributed by atoms with van der Waals surface area (Å²) in [7, 11) is 0. The summed E-state index contributed by atoms with van der Waals surface area (Å²) in [6.45, 7) is 2.04. The number of nitrogens with one attached hydrogen (secondary N) is 2. The number of halogens is 1. The number of pyridine rings is 1. The van der Waals surface area contributed by atoms with Crippen LogP contribution in [-0.4, -0.2) is 19.9 Å². The Morgan fingerprint density at radius 2 is 1.57 bits per heavy atom. The van der Waals surface area contributed by atoms with Crippen molar-refractivity contribution in [2.75, 3.05) is 0 Å². The molecule has 3 aromatic heterocycles. The first-order chi connectivity index (χ1) is 13.7. The fraction of sp³-hybridized carbons (Fsp3) is 0.0435. The zero-order chi connectivity index (χ0) is 19.1. The van der Waals surface area contributed by atoms with E-state index in [0.717, 1.165) is 50.5 Å². The molecular formula is C23H17FN4. The van der Waals surface area contributed by atoms with Crippen molar-refractivity contribution >= 4 is 10.9 Å². The van der Waals surface area contributed by atoms with Gasteiger partial charge in [0.2, 0.25) is 0 Å². The number of aromatic amines is 2. The highest BCUT2D eigenvalue weighted by molar-refractivity contribution is 5.97. The van der Waals surface area contributed by atoms with Crippen LogP contribution in [0.5, 0.6) is 0 Å². The van der Waals surface area contributed by atoms with E-state index in [9.17, 15) is 4.39 Å². The summed E-state index contributed by atoms with van der Waals surface area (Å²) < 4.78 is 13.4. The minimum Gasteiger partial charge on any atom is -0.358 e. The number of hydrogen-bond donors (Lipinski definition) is 2. The zero-order valence-electron chi connectivity index (χ0n) is 15.2. The number of aryl methyl sites for hydroxylation is 1. The van der Waals surface area contributed by atoms with Crippen molar-refractivity contribution in [3.63, 3.8) is 0 Å². The minimum atomic E-state index is -0.266. The molecule has 136 valence electrons. The minimum absolute atomic E-state index is 0.266. The maximum Gasteiger partial charge on any atom is 0.140 e. The van der Waals surface area contributed by atoms with E-state index in [1.807, 2.05) is 31.2 Å². The molecule has 0 amide bonds. The molecule has 0 spiro atoms. The average Bonchev–Trinajstić information content (AvgIpc) is 3.29. The Morgan fingerprint density at radius 3 is 2.36 bits per heavy atom. The molecule has 3 heterocycles. The third-order valence-corrected chi connectivity index (χ3v) is 4.92. The van der Waals surface area contributed by atoms with Crippen LogP contribution in [0.3, 0.4) is 0 Å². The molecule has 0 saturated carbocycles. The van der Waals surface area contributed by atoms with Gasteiger partial charge in [-0.15, -0.1) is 0 Å². The van der Waals surface area contributed by atoms with E-state index in [-0.39, 0.29) is 5.82 Å². The van der Waals surface area contributed by atoms with Crippen molar-refractivity contribution in [2.45, 2.75) is 6.92 Å². The Kier molecular flexibility index (Phi) is 3.79. The SMILES string of the molecule is Cc1[nH]c2ccccc2c1-c1nc(-c2ccc(F)cc2)c(-c2ccncc2)[nH]1. The van der Waals surface area contributed by atoms with Crippen LogP contribution in [0.4, 0.5) is 4.39 Å². The van der Waals surface area contributed by atoms with Crippen molar-refractivity contribution in [3.8, 4) is 33.9 Å². The first kappa shape index (κ1) is 16.4. The number of fused-ring (bicyclic) bond motifs is 1. The van der Waals surface area contributed by atoms with E-state index in [0.29, 0.717) is 0 Å². The predicted octanol–water partition coefficient (Wildman–Crippen LogP) is 5.73. The van der Waals surface area contributed by atoms with Crippen LogP contribution in [0.2, 0.25) is 0 Å². The number of hydrogen-bond acceptors (Lipinski definition) is 2. The van der Waals surface area contributed by atoms with Gasteiger partial charge < -0.3 is 9.97 Å². The molecule has 0 saturated heterocycles. The van der Waals surface area contributed by atoms with Gasteiger partial charge in [0, 0.05) is 45.7 Å². The van der Waals surface area contributed by atoms with E-state index in [2.05, 4.69) is 27.1 Å². The van der Waals surface area contributed by atoms with Gasteiger partial charge in [-0.25, -0.2) is 9.37 Å². The molecule has 28 heavy (non-hydrogen) atoms. The van der Waals surface area contributed by atoms with Crippen molar-refractivity contribution in [2.24, 2.45) is 0 Å². The van der Waals surface area contributed by atoms with Gasteiger partial charge >= 0.3 is 0 Å². The zero-order valence-corrected chi connectivity index (χ0v) is 15.2. The number of para-hydroxylation sites is 1. The largest absolute Gasteiger partial charge is 0.358 e. The average molecular weight is 368 g/mol. The van der Waals surface area contributed by atoms with E-state index < -0.39 is 0 Å². The van der Waals surface area contributed by atoms with Gasteiger partial charge in [0.25, 0.3) is 0 Å². The van der Waals surface area contributed by atoms with Crippen LogP contribution in [0.15, 0.2) is 73.1 Å². The third-order valence-electron chi connectivity index (χ3n) is 4.92. The number of H-pyrrole nitrogens is 2. The van der Waals surface area contributed by atoms with Crippen molar-refractivity contribution < 1.29 is 4.39 Å². The van der Waals surface area contributed by atoms with Gasteiger partial charge in [-0.2, -0.15) is 0 Å². The molecular weight excluding hydrogens is 351 g/mol. The summed E-state index contributed by atoms with van der Waals surface area (Å²) in [5.74, 6) is 0.513. The van der Waals surface area contributed by atoms with Crippen molar-refractivity contribution in [1.29, 1.82) is 0 Å². The van der Waals surface area contributed by atoms with Gasteiger partial charge in [-0.1, -0.05) is 18.2 Å². The van der Waals surface area contributed by atoms with Gasteiger partial charge in [0.15, 0.2) is 0 Å². The lowest BCUT2D eigenvalue weighted by atomic mass is 10.1. The van der Waals surface area contributed by atoms with Crippen LogP contribution in [0.25, 0.3) is 44.8 Å². The maximum absolute atomic E-state index is 13.4. The summed E-state index contributed by atoms with van der Waals surface area (Å²) >= 11 is 0. The van der Waals surface area contributed by atoms with Gasteiger partial charge in [-0.05, 0) is 49.4 Å². The van der Waals surface area contributed by atoms with Crippen LogP contribution in [0, 0.1) is 12.7 Å². The van der Waals surface area contributed by atoms with Crippen molar-refractivity contribution in [3.05, 3.63) is 84.6 Å². The molecule has 2 aromatic carbocycles. The number of aromatic nitrogens is 4. The van der Waals surface area contributed by atoms with E-state index in [4.69, 9.17) is 4.98 Å². The highest BCUT2D eigenvalue weighted by Crippen LogP contribution is 2.36. The normalized spacial score (nSPS) is 11.2. The second-order valence-electron chi connectivity index (χ2n) is 6.72. The monoisotopic (exact) mass is 368 g/mol. The van der Waals surface area contributed by atoms with Crippen LogP contribution in [-0.2, 0) is 0 Å². The molecule has 0 atom stereocenters. The van der Waals surface area contributed by atoms with E-state index in [1.165, 1.54) is 12.1 Å². The Bertz CT molecular complexity index is 1270. The molecule has 2 N–H and O–H groups in total. The molecule has 5 aromatic rings. The Morgan fingerprint density at radius 1 is 0.821 bits per heavy atom. The summed E-state index contributed by atoms with van der Waals surface area (Å²) in [6, 6.07) is 18.5. The van der Waals surface area contributed by atoms with Crippen LogP contribution < -0.4 is 0 Å². The van der Waals surface area contributed by atoms with Crippen LogP contribution in [0.1, 0.15) is 5.69 Å². The number of rotatable bonds is 3. The first-order valence-corrected chi connectivity index (χ1v) is 9.05. The smallest absolute Gasteiger partial charge is 0.140 e. The molecule has 5 heteroatoms. The van der Waals surface area contributed by atoms with Gasteiger partial charge in [0.05, 0.1) is 11.4 Å². The molecule has 0 aliphatic carbocycles. The van der Waals surface area contributed by atoms with E-state index in [1.54, 1.807) is 24.5 Å². The second kappa shape index (κ2) is 6.46. The molecule has 0 aliphatic rings. The Labute approximate surface area is 161 Å². The molecule has 5 rings (SSSR count). The quantitative estimate of drug-likeness (QED) is 0.427. The fourth-order valence-corrected chi connectivity index (χ4v) is 3.62. The predicted molar refractivity (Wildman–Crippen MR) is 109 cm³/mol. The van der Waals surface area contributed by atoms with E-state index >= 15 is 0 Å². The highest BCUT2D eigenvalue weighted by Gasteiger charge is 2.19. The number of imidazole rings is 1. The number of nitrogens with zero attached hydrogens (tertiary/aromatic N) is 2. The lowest BCUT2D eigenvalue weighted by Crippen LogP contribution is -1.84. The van der Waals surface area contributed by atoms with Gasteiger partial charge in [0.1, 0.15) is 11.6 Å². The summed E-state index contributed by atoms with van der Waals surface area (Å²) in [5, 5.41) is 1.11. The van der Waals surface area contributed by atoms with Gasteiger partial charge in [-0.3, -0.25) is 4.98 Å². The summed E-state index contributed by atoms with van der Waals surface area (Å²) in [6.07, 6.45) is 3.50. The topological polar surface area (TPSA) is 57.4 Å².